The van der Waals surface area contributed by atoms with Gasteiger partial charge in [-0.15, -0.1) is 0 Å². The number of carboxylic acids is 1. The van der Waals surface area contributed by atoms with E-state index in [4.69, 9.17) is 9.52 Å². The van der Waals surface area contributed by atoms with E-state index in [9.17, 15) is 9.59 Å². The summed E-state index contributed by atoms with van der Waals surface area (Å²) in [7, 11) is 0. The van der Waals surface area contributed by atoms with Crippen LogP contribution in [0, 0.1) is 0 Å². The molecule has 0 aliphatic heterocycles. The molecule has 2 N–H and O–H groups in total. The number of nitrogens with one attached hydrogen (secondary N) is 1. The van der Waals surface area contributed by atoms with Crippen molar-refractivity contribution in [3.8, 4) is 0 Å². The molecule has 21 heavy (non-hydrogen) atoms. The van der Waals surface area contributed by atoms with Gasteiger partial charge in [-0.3, -0.25) is 4.79 Å². The summed E-state index contributed by atoms with van der Waals surface area (Å²) in [5.74, 6) is -0.969. The molecule has 1 aromatic heterocycles. The van der Waals surface area contributed by atoms with Crippen LogP contribution in [0.15, 0.2) is 33.5 Å². The second kappa shape index (κ2) is 6.92. The third-order valence-corrected chi connectivity index (χ3v) is 3.28. The number of rotatable bonds is 7. The van der Waals surface area contributed by atoms with Gasteiger partial charge in [-0.05, 0) is 24.1 Å². The Labute approximate surface area is 122 Å². The molecule has 1 heterocycles. The van der Waals surface area contributed by atoms with E-state index in [-0.39, 0.29) is 6.42 Å². The van der Waals surface area contributed by atoms with Gasteiger partial charge in [-0.25, -0.2) is 4.79 Å². The Bertz CT molecular complexity index is 690. The summed E-state index contributed by atoms with van der Waals surface area (Å²) in [5, 5.41) is 12.8. The number of aliphatic carboxylic acids is 1. The maximum Gasteiger partial charge on any atom is 0.336 e. The minimum atomic E-state index is -0.969. The van der Waals surface area contributed by atoms with Crippen LogP contribution in [0.1, 0.15) is 31.7 Å². The van der Waals surface area contributed by atoms with Crippen molar-refractivity contribution in [2.45, 2.75) is 32.6 Å². The number of benzene rings is 1. The van der Waals surface area contributed by atoms with Crippen molar-refractivity contribution in [3.05, 3.63) is 40.2 Å². The minimum absolute atomic E-state index is 0.189. The Morgan fingerprint density at radius 3 is 2.81 bits per heavy atom. The maximum absolute atomic E-state index is 11.5. The Kier molecular flexibility index (Phi) is 4.98. The molecule has 2 rings (SSSR count). The quantitative estimate of drug-likeness (QED) is 0.605. The number of anilines is 1. The number of hydrogen-bond acceptors (Lipinski definition) is 4. The first kappa shape index (κ1) is 15.1. The zero-order valence-corrected chi connectivity index (χ0v) is 12.0. The van der Waals surface area contributed by atoms with Crippen molar-refractivity contribution in [3.63, 3.8) is 0 Å². The van der Waals surface area contributed by atoms with Crippen LogP contribution in [-0.2, 0) is 11.2 Å². The number of unbranched alkanes of at least 4 members (excludes halogenated alkanes) is 2. The molecule has 0 radical (unpaired) electrons. The van der Waals surface area contributed by atoms with E-state index in [1.54, 1.807) is 12.1 Å². The van der Waals surface area contributed by atoms with Crippen molar-refractivity contribution < 1.29 is 14.3 Å². The Hall–Kier alpha value is -2.30. The van der Waals surface area contributed by atoms with Crippen molar-refractivity contribution >= 4 is 22.6 Å². The lowest BCUT2D eigenvalue weighted by molar-refractivity contribution is -0.136. The second-order valence-electron chi connectivity index (χ2n) is 5.01. The van der Waals surface area contributed by atoms with Crippen molar-refractivity contribution in [1.29, 1.82) is 0 Å². The highest BCUT2D eigenvalue weighted by Crippen LogP contribution is 2.21. The van der Waals surface area contributed by atoms with Crippen LogP contribution < -0.4 is 10.9 Å². The van der Waals surface area contributed by atoms with Gasteiger partial charge >= 0.3 is 11.6 Å². The van der Waals surface area contributed by atoms with Gasteiger partial charge < -0.3 is 14.8 Å². The van der Waals surface area contributed by atoms with Gasteiger partial charge in [0.15, 0.2) is 0 Å². The molecular formula is C16H19NO4. The number of hydrogen-bond donors (Lipinski definition) is 2. The fourth-order valence-electron chi connectivity index (χ4n) is 2.26. The topological polar surface area (TPSA) is 79.5 Å². The number of carbonyl (C=O) groups is 1. The smallest absolute Gasteiger partial charge is 0.336 e. The molecule has 5 heteroatoms. The van der Waals surface area contributed by atoms with E-state index < -0.39 is 11.6 Å². The van der Waals surface area contributed by atoms with Crippen molar-refractivity contribution in [2.24, 2.45) is 0 Å². The summed E-state index contributed by atoms with van der Waals surface area (Å²) < 4.78 is 5.16. The van der Waals surface area contributed by atoms with Crippen molar-refractivity contribution in [2.75, 3.05) is 11.9 Å². The first-order valence-electron chi connectivity index (χ1n) is 7.12. The van der Waals surface area contributed by atoms with Crippen LogP contribution >= 0.6 is 0 Å². The maximum atomic E-state index is 11.5. The van der Waals surface area contributed by atoms with Crippen LogP contribution in [0.4, 0.5) is 5.69 Å². The zero-order valence-electron chi connectivity index (χ0n) is 12.0. The molecule has 0 unspecified atom stereocenters. The summed E-state index contributed by atoms with van der Waals surface area (Å²) in [6.45, 7) is 3.01. The summed E-state index contributed by atoms with van der Waals surface area (Å²) in [4.78, 5) is 22.4. The Morgan fingerprint density at radius 2 is 2.10 bits per heavy atom. The SMILES string of the molecule is CCCCCNc1ccc2c(CC(=O)O)cc(=O)oc2c1. The highest BCUT2D eigenvalue weighted by atomic mass is 16.4. The van der Waals surface area contributed by atoms with E-state index in [0.29, 0.717) is 16.5 Å². The largest absolute Gasteiger partial charge is 0.481 e. The van der Waals surface area contributed by atoms with E-state index in [2.05, 4.69) is 12.2 Å². The van der Waals surface area contributed by atoms with E-state index >= 15 is 0 Å². The first-order valence-corrected chi connectivity index (χ1v) is 7.12. The highest BCUT2D eigenvalue weighted by molar-refractivity contribution is 5.86. The second-order valence-corrected chi connectivity index (χ2v) is 5.01. The van der Waals surface area contributed by atoms with Crippen molar-refractivity contribution in [1.82, 2.24) is 0 Å². The van der Waals surface area contributed by atoms with Gasteiger partial charge in [0, 0.05) is 29.8 Å². The molecule has 112 valence electrons. The predicted octanol–water partition coefficient (Wildman–Crippen LogP) is 3.02. The lowest BCUT2D eigenvalue weighted by atomic mass is 10.1. The van der Waals surface area contributed by atoms with E-state index in [1.165, 1.54) is 12.5 Å². The molecule has 1 aromatic carbocycles. The average Bonchev–Trinajstić information content (AvgIpc) is 2.42. The summed E-state index contributed by atoms with van der Waals surface area (Å²) in [6.07, 6.45) is 3.22. The fraction of sp³-hybridized carbons (Fsp3) is 0.375. The molecule has 0 saturated carbocycles. The normalized spacial score (nSPS) is 10.7. The molecule has 0 fully saturated rings. The highest BCUT2D eigenvalue weighted by Gasteiger charge is 2.09. The molecule has 5 nitrogen and oxygen atoms in total. The van der Waals surface area contributed by atoms with Gasteiger partial charge in [0.05, 0.1) is 6.42 Å². The zero-order chi connectivity index (χ0) is 15.2. The van der Waals surface area contributed by atoms with Crippen LogP contribution in [0.25, 0.3) is 11.0 Å². The molecule has 2 aromatic rings. The molecule has 0 aliphatic rings. The Balaban J connectivity index is 2.26. The van der Waals surface area contributed by atoms with Gasteiger partial charge in [0.1, 0.15) is 5.58 Å². The average molecular weight is 289 g/mol. The van der Waals surface area contributed by atoms with Gasteiger partial charge in [-0.2, -0.15) is 0 Å². The molecular weight excluding hydrogens is 270 g/mol. The van der Waals surface area contributed by atoms with Crippen LogP contribution in [-0.4, -0.2) is 17.6 Å². The standard InChI is InChI=1S/C16H19NO4/c1-2-3-4-7-17-12-5-6-13-11(8-15(18)19)9-16(20)21-14(13)10-12/h5-6,9-10,17H,2-4,7-8H2,1H3,(H,18,19). The molecule has 0 spiro atoms. The summed E-state index contributed by atoms with van der Waals surface area (Å²) >= 11 is 0. The van der Waals surface area contributed by atoms with Crippen LogP contribution in [0.2, 0.25) is 0 Å². The third-order valence-electron chi connectivity index (χ3n) is 3.28. The molecule has 0 amide bonds. The third kappa shape index (κ3) is 4.08. The predicted molar refractivity (Wildman–Crippen MR) is 81.8 cm³/mol. The van der Waals surface area contributed by atoms with Gasteiger partial charge in [0.2, 0.25) is 0 Å². The van der Waals surface area contributed by atoms with E-state index in [1.807, 2.05) is 6.07 Å². The van der Waals surface area contributed by atoms with Gasteiger partial charge in [0.25, 0.3) is 0 Å². The molecule has 0 aliphatic carbocycles. The lowest BCUT2D eigenvalue weighted by Crippen LogP contribution is -2.07. The van der Waals surface area contributed by atoms with Crippen LogP contribution in [0.5, 0.6) is 0 Å². The fourth-order valence-corrected chi connectivity index (χ4v) is 2.26. The lowest BCUT2D eigenvalue weighted by Gasteiger charge is -2.08. The molecule has 0 atom stereocenters. The monoisotopic (exact) mass is 289 g/mol. The first-order chi connectivity index (χ1) is 10.1. The number of carboxylic acid groups (broad SMARTS) is 1. The van der Waals surface area contributed by atoms with Gasteiger partial charge in [-0.1, -0.05) is 19.8 Å². The molecule has 0 bridgehead atoms. The summed E-state index contributed by atoms with van der Waals surface area (Å²) in [6, 6.07) is 6.65. The Morgan fingerprint density at radius 1 is 1.29 bits per heavy atom. The summed E-state index contributed by atoms with van der Waals surface area (Å²) in [5.41, 5.74) is 1.24. The van der Waals surface area contributed by atoms with E-state index in [0.717, 1.165) is 25.1 Å². The minimum Gasteiger partial charge on any atom is -0.481 e. The van der Waals surface area contributed by atoms with Crippen LogP contribution in [0.3, 0.4) is 0 Å². The molecule has 0 saturated heterocycles. The number of fused-ring (bicyclic) bond motifs is 1.